The predicted octanol–water partition coefficient (Wildman–Crippen LogP) is 1.13. The second-order valence-corrected chi connectivity index (χ2v) is 6.57. The average molecular weight is 472 g/mol. The molecule has 0 aliphatic carbocycles. The lowest BCUT2D eigenvalue weighted by molar-refractivity contribution is -0.174. The van der Waals surface area contributed by atoms with Crippen LogP contribution in [-0.2, 0) is 39.8 Å². The van der Waals surface area contributed by atoms with Crippen LogP contribution in [0, 0.1) is 5.41 Å². The first-order valence-electron chi connectivity index (χ1n) is 9.83. The van der Waals surface area contributed by atoms with Crippen molar-refractivity contribution in [1.29, 1.82) is 0 Å². The monoisotopic (exact) mass is 471 g/mol. The maximum absolute atomic E-state index is 12.8. The molecule has 0 radical (unpaired) electrons. The second-order valence-electron chi connectivity index (χ2n) is 6.57. The van der Waals surface area contributed by atoms with E-state index in [2.05, 4.69) is 15.2 Å². The lowest BCUT2D eigenvalue weighted by Crippen LogP contribution is -2.46. The van der Waals surface area contributed by atoms with Crippen molar-refractivity contribution in [2.45, 2.75) is 33.1 Å². The Balaban J connectivity index is 0.00000961. The normalized spacial score (nSPS) is 10.7. The Morgan fingerprint density at radius 3 is 2.09 bits per heavy atom. The zero-order valence-corrected chi connectivity index (χ0v) is 19.2. The summed E-state index contributed by atoms with van der Waals surface area (Å²) in [6, 6.07) is 7.17. The van der Waals surface area contributed by atoms with E-state index >= 15 is 0 Å². The minimum atomic E-state index is -1.86. The Morgan fingerprint density at radius 2 is 1.62 bits per heavy atom. The third-order valence-electron chi connectivity index (χ3n) is 4.50. The van der Waals surface area contributed by atoms with E-state index in [1.807, 2.05) is 0 Å². The van der Waals surface area contributed by atoms with Crippen molar-refractivity contribution in [3.8, 4) is 0 Å². The number of hydrogen-bond acceptors (Lipinski definition) is 9. The number of amides is 1. The van der Waals surface area contributed by atoms with Crippen molar-refractivity contribution in [1.82, 2.24) is 5.32 Å². The van der Waals surface area contributed by atoms with E-state index in [0.29, 0.717) is 6.42 Å². The topological polar surface area (TPSA) is 146 Å². The third-order valence-corrected chi connectivity index (χ3v) is 4.50. The van der Waals surface area contributed by atoms with Crippen molar-refractivity contribution < 1.29 is 33.4 Å². The van der Waals surface area contributed by atoms with E-state index in [9.17, 15) is 19.2 Å². The molecule has 3 N–H and O–H groups in total. The number of nitrogens with one attached hydrogen (secondary N) is 1. The number of esters is 3. The number of carbonyl (C=O) groups excluding carboxylic acids is 4. The first-order valence-corrected chi connectivity index (χ1v) is 9.83. The summed E-state index contributed by atoms with van der Waals surface area (Å²) in [4.78, 5) is 49.5. The lowest BCUT2D eigenvalue weighted by Gasteiger charge is -2.28. The highest BCUT2D eigenvalue weighted by molar-refractivity contribution is 6.04. The molecule has 178 valence electrons. The Hall–Kier alpha value is -3.14. The zero-order valence-electron chi connectivity index (χ0n) is 18.4. The Labute approximate surface area is 193 Å². The van der Waals surface area contributed by atoms with E-state index in [4.69, 9.17) is 15.3 Å². The number of methoxy groups -OCH3 is 1. The molecule has 0 saturated heterocycles. The van der Waals surface area contributed by atoms with Crippen LogP contribution in [0.5, 0.6) is 0 Å². The molecule has 0 saturated carbocycles. The highest BCUT2D eigenvalue weighted by Gasteiger charge is 2.50. The summed E-state index contributed by atoms with van der Waals surface area (Å²) in [5, 5.41) is 5.80. The minimum absolute atomic E-state index is 0. The van der Waals surface area contributed by atoms with Gasteiger partial charge in [0.15, 0.2) is 5.41 Å². The Kier molecular flexibility index (Phi) is 13.3. The van der Waals surface area contributed by atoms with Crippen molar-refractivity contribution in [3.05, 3.63) is 35.4 Å². The average Bonchev–Trinajstić information content (AvgIpc) is 2.76. The van der Waals surface area contributed by atoms with Gasteiger partial charge in [-0.1, -0.05) is 24.3 Å². The fraction of sp³-hybridized carbons (Fsp3) is 0.476. The van der Waals surface area contributed by atoms with Gasteiger partial charge in [-0.15, -0.1) is 12.4 Å². The molecule has 0 bridgehead atoms. The molecule has 0 unspecified atom stereocenters. The maximum atomic E-state index is 12.8. The number of carbonyl (C=O) groups is 4. The van der Waals surface area contributed by atoms with E-state index in [-0.39, 0.29) is 38.6 Å². The van der Waals surface area contributed by atoms with Crippen LogP contribution in [0.15, 0.2) is 29.4 Å². The van der Waals surface area contributed by atoms with E-state index in [1.165, 1.54) is 13.3 Å². The first kappa shape index (κ1) is 28.9. The van der Waals surface area contributed by atoms with Crippen LogP contribution in [0.2, 0.25) is 0 Å². The van der Waals surface area contributed by atoms with Crippen molar-refractivity contribution >= 4 is 42.4 Å². The van der Waals surface area contributed by atoms with Crippen LogP contribution in [0.4, 0.5) is 0 Å². The quantitative estimate of drug-likeness (QED) is 0.115. The molecule has 32 heavy (non-hydrogen) atoms. The number of nitrogens with two attached hydrogens (primary N) is 1. The van der Waals surface area contributed by atoms with Gasteiger partial charge in [-0.05, 0) is 37.8 Å². The van der Waals surface area contributed by atoms with Gasteiger partial charge in [0.1, 0.15) is 6.54 Å². The number of nitrogens with zero attached hydrogens (tertiary/aromatic N) is 1. The van der Waals surface area contributed by atoms with Crippen molar-refractivity contribution in [2.24, 2.45) is 16.4 Å². The zero-order chi connectivity index (χ0) is 23.3. The molecule has 0 aliphatic heterocycles. The van der Waals surface area contributed by atoms with Crippen molar-refractivity contribution in [2.75, 3.05) is 26.9 Å². The first-order chi connectivity index (χ1) is 14.8. The summed E-state index contributed by atoms with van der Waals surface area (Å²) in [7, 11) is 1.18. The lowest BCUT2D eigenvalue weighted by atomic mass is 9.78. The van der Waals surface area contributed by atoms with E-state index < -0.39 is 35.7 Å². The largest absolute Gasteiger partial charge is 0.468 e. The molecule has 0 atom stereocenters. The molecular weight excluding hydrogens is 442 g/mol. The van der Waals surface area contributed by atoms with E-state index in [1.54, 1.807) is 38.1 Å². The van der Waals surface area contributed by atoms with Crippen LogP contribution >= 0.6 is 12.4 Å². The van der Waals surface area contributed by atoms with Crippen LogP contribution in [0.3, 0.4) is 0 Å². The minimum Gasteiger partial charge on any atom is -0.468 e. The van der Waals surface area contributed by atoms with E-state index in [0.717, 1.165) is 11.1 Å². The standard InChI is InChI=1S/C21H29N3O7.ClH/c1-4-30-19(27)21(20(28)31-5-2,12-17(25)23-14-18(26)29-3)11-10-15-6-8-16(9-7-15)13-24-22;/h6-9,13H,4-5,10-12,14,22H2,1-3H3,(H,23,25);1H. The summed E-state index contributed by atoms with van der Waals surface area (Å²) >= 11 is 0. The Morgan fingerprint density at radius 1 is 1.06 bits per heavy atom. The Bertz CT molecular complexity index is 779. The number of hydrogen-bond donors (Lipinski definition) is 2. The smallest absolute Gasteiger partial charge is 0.325 e. The predicted molar refractivity (Wildman–Crippen MR) is 119 cm³/mol. The molecule has 0 spiro atoms. The number of aryl methyl sites for hydroxylation is 1. The number of hydrazone groups is 1. The number of ether oxygens (including phenoxy) is 3. The van der Waals surface area contributed by atoms with Crippen LogP contribution < -0.4 is 11.2 Å². The van der Waals surface area contributed by atoms with Crippen LogP contribution in [-0.4, -0.2) is 56.9 Å². The summed E-state index contributed by atoms with van der Waals surface area (Å²) in [6.45, 7) is 2.86. The number of rotatable bonds is 12. The molecule has 1 amide bonds. The molecule has 0 fully saturated rings. The summed E-state index contributed by atoms with van der Waals surface area (Å²) in [6.07, 6.45) is 1.22. The summed E-state index contributed by atoms with van der Waals surface area (Å²) in [5.41, 5.74) is -0.249. The van der Waals surface area contributed by atoms with Gasteiger partial charge in [-0.25, -0.2) is 0 Å². The highest BCUT2D eigenvalue weighted by atomic mass is 35.5. The maximum Gasteiger partial charge on any atom is 0.325 e. The molecule has 11 heteroatoms. The van der Waals surface area contributed by atoms with Gasteiger partial charge in [0.2, 0.25) is 5.91 Å². The summed E-state index contributed by atoms with van der Waals surface area (Å²) in [5.74, 6) is 2.09. The van der Waals surface area contributed by atoms with Crippen LogP contribution in [0.1, 0.15) is 37.8 Å². The van der Waals surface area contributed by atoms with Crippen LogP contribution in [0.25, 0.3) is 0 Å². The van der Waals surface area contributed by atoms with Gasteiger partial charge >= 0.3 is 17.9 Å². The second kappa shape index (κ2) is 14.8. The van der Waals surface area contributed by atoms with Crippen molar-refractivity contribution in [3.63, 3.8) is 0 Å². The molecular formula is C21H30ClN3O7. The molecule has 0 aromatic heterocycles. The third kappa shape index (κ3) is 8.54. The summed E-state index contributed by atoms with van der Waals surface area (Å²) < 4.78 is 14.7. The van der Waals surface area contributed by atoms with Gasteiger partial charge in [0, 0.05) is 0 Å². The highest BCUT2D eigenvalue weighted by Crippen LogP contribution is 2.32. The van der Waals surface area contributed by atoms with Gasteiger partial charge in [0.25, 0.3) is 0 Å². The molecule has 0 aliphatic rings. The van der Waals surface area contributed by atoms with Gasteiger partial charge < -0.3 is 25.4 Å². The van der Waals surface area contributed by atoms with Gasteiger partial charge in [0.05, 0.1) is 33.0 Å². The van der Waals surface area contributed by atoms with Gasteiger partial charge in [-0.2, -0.15) is 5.10 Å². The molecule has 1 aromatic carbocycles. The fourth-order valence-corrected chi connectivity index (χ4v) is 2.85. The fourth-order valence-electron chi connectivity index (χ4n) is 2.85. The molecule has 10 nitrogen and oxygen atoms in total. The number of benzene rings is 1. The SMILES string of the molecule is CCOC(=O)C(CCc1ccc(C=NN)cc1)(CC(=O)NCC(=O)OC)C(=O)OCC.Cl. The molecule has 0 heterocycles. The number of halogens is 1. The van der Waals surface area contributed by atoms with Gasteiger partial charge in [-0.3, -0.25) is 19.2 Å². The molecule has 1 aromatic rings. The molecule has 1 rings (SSSR count).